The first-order valence-corrected chi connectivity index (χ1v) is 13.5. The summed E-state index contributed by atoms with van der Waals surface area (Å²) >= 11 is 0. The molecule has 0 fully saturated rings. The summed E-state index contributed by atoms with van der Waals surface area (Å²) in [6.45, 7) is 3.83. The smallest absolute Gasteiger partial charge is 0.267 e. The van der Waals surface area contributed by atoms with Crippen LogP contribution in [-0.2, 0) is 10.1 Å². The van der Waals surface area contributed by atoms with Crippen LogP contribution in [0.4, 0.5) is 0 Å². The Kier molecular flexibility index (Phi) is 18.8. The molecule has 170 valence electrons. The highest BCUT2D eigenvalue weighted by molar-refractivity contribution is 7.86. The van der Waals surface area contributed by atoms with E-state index in [9.17, 15) is 18.1 Å². The molecular weight excluding hydrogens is 372 g/mol. The normalized spacial score (nSPS) is 14.3. The Morgan fingerprint density at radius 3 is 1.21 bits per heavy atom. The van der Waals surface area contributed by atoms with Crippen LogP contribution in [0.2, 0.25) is 0 Å². The van der Waals surface area contributed by atoms with Crippen molar-refractivity contribution < 1.29 is 18.1 Å². The molecule has 0 rings (SSSR count). The van der Waals surface area contributed by atoms with Gasteiger partial charge in [-0.1, -0.05) is 110 Å². The van der Waals surface area contributed by atoms with Crippen LogP contribution in [0.15, 0.2) is 0 Å². The molecule has 2 atom stereocenters. The molecule has 0 amide bonds. The Hall–Kier alpha value is -0.130. The average molecular weight is 421 g/mol. The van der Waals surface area contributed by atoms with Crippen molar-refractivity contribution in [1.82, 2.24) is 0 Å². The van der Waals surface area contributed by atoms with Crippen molar-refractivity contribution in [3.05, 3.63) is 0 Å². The Labute approximate surface area is 175 Å². The van der Waals surface area contributed by atoms with Crippen LogP contribution >= 0.6 is 0 Å². The van der Waals surface area contributed by atoms with Gasteiger partial charge in [-0.3, -0.25) is 4.55 Å². The van der Waals surface area contributed by atoms with E-state index >= 15 is 0 Å². The lowest BCUT2D eigenvalue weighted by Gasteiger charge is -2.12. The van der Waals surface area contributed by atoms with Crippen molar-refractivity contribution >= 4 is 10.1 Å². The fourth-order valence-electron chi connectivity index (χ4n) is 3.87. The van der Waals surface area contributed by atoms with E-state index in [-0.39, 0.29) is 6.10 Å². The molecule has 0 aliphatic carbocycles. The van der Waals surface area contributed by atoms with Crippen LogP contribution in [0.25, 0.3) is 0 Å². The zero-order chi connectivity index (χ0) is 21.1. The molecule has 0 aromatic rings. The van der Waals surface area contributed by atoms with Crippen molar-refractivity contribution in [2.24, 2.45) is 0 Å². The number of hydrogen-bond donors (Lipinski definition) is 2. The Balaban J connectivity index is 3.27. The van der Waals surface area contributed by atoms with Gasteiger partial charge in [0.2, 0.25) is 0 Å². The molecule has 0 aliphatic rings. The second-order valence-electron chi connectivity index (χ2n) is 8.66. The van der Waals surface area contributed by atoms with Gasteiger partial charge in [-0.15, -0.1) is 0 Å². The fraction of sp³-hybridized carbons (Fsp3) is 1.00. The minimum absolute atomic E-state index is 0.136. The molecule has 28 heavy (non-hydrogen) atoms. The van der Waals surface area contributed by atoms with E-state index in [1.807, 2.05) is 13.8 Å². The standard InChI is InChI=1S/C23H48O4S/c1-3-19-23(28(25,26)27)21-18-16-14-12-10-8-6-4-5-7-9-11-13-15-17-20-22(2)24/h22-24H,3-21H2,1-2H3,(H,25,26,27). The maximum atomic E-state index is 11.3. The minimum Gasteiger partial charge on any atom is -0.393 e. The van der Waals surface area contributed by atoms with Gasteiger partial charge in [-0.05, 0) is 26.2 Å². The molecular formula is C23H48O4S. The summed E-state index contributed by atoms with van der Waals surface area (Å²) in [4.78, 5) is 0. The number of rotatable bonds is 21. The van der Waals surface area contributed by atoms with Gasteiger partial charge in [0.1, 0.15) is 0 Å². The van der Waals surface area contributed by atoms with Crippen molar-refractivity contribution in [2.75, 3.05) is 0 Å². The fourth-order valence-corrected chi connectivity index (χ4v) is 4.87. The molecule has 4 nitrogen and oxygen atoms in total. The second kappa shape index (κ2) is 18.9. The zero-order valence-corrected chi connectivity index (χ0v) is 19.5. The lowest BCUT2D eigenvalue weighted by molar-refractivity contribution is 0.180. The van der Waals surface area contributed by atoms with Crippen LogP contribution in [-0.4, -0.2) is 29.4 Å². The lowest BCUT2D eigenvalue weighted by atomic mass is 10.0. The van der Waals surface area contributed by atoms with E-state index < -0.39 is 15.4 Å². The molecule has 2 unspecified atom stereocenters. The molecule has 0 bridgehead atoms. The van der Waals surface area contributed by atoms with Crippen LogP contribution < -0.4 is 0 Å². The van der Waals surface area contributed by atoms with Gasteiger partial charge in [0.15, 0.2) is 0 Å². The van der Waals surface area contributed by atoms with Gasteiger partial charge in [0, 0.05) is 0 Å². The summed E-state index contributed by atoms with van der Waals surface area (Å²) in [6, 6.07) is 0. The number of unbranched alkanes of at least 4 members (excludes halogenated alkanes) is 14. The minimum atomic E-state index is -3.86. The molecule has 0 aliphatic heterocycles. The van der Waals surface area contributed by atoms with E-state index in [0.29, 0.717) is 12.8 Å². The summed E-state index contributed by atoms with van der Waals surface area (Å²) in [7, 11) is -3.86. The molecule has 0 spiro atoms. The summed E-state index contributed by atoms with van der Waals surface area (Å²) in [5.41, 5.74) is 0. The topological polar surface area (TPSA) is 74.6 Å². The summed E-state index contributed by atoms with van der Waals surface area (Å²) in [5.74, 6) is 0. The average Bonchev–Trinajstić information content (AvgIpc) is 2.62. The largest absolute Gasteiger partial charge is 0.393 e. The molecule has 0 saturated carbocycles. The third-order valence-corrected chi connectivity index (χ3v) is 6.99. The molecule has 0 heterocycles. The first-order valence-electron chi connectivity index (χ1n) is 12.0. The third-order valence-electron chi connectivity index (χ3n) is 5.68. The van der Waals surface area contributed by atoms with E-state index in [0.717, 1.165) is 32.1 Å². The molecule has 0 radical (unpaired) electrons. The zero-order valence-electron chi connectivity index (χ0n) is 18.7. The van der Waals surface area contributed by atoms with Gasteiger partial charge in [-0.2, -0.15) is 8.42 Å². The number of aliphatic hydroxyl groups is 1. The predicted molar refractivity (Wildman–Crippen MR) is 120 cm³/mol. The summed E-state index contributed by atoms with van der Waals surface area (Å²) in [5, 5.41) is 8.65. The van der Waals surface area contributed by atoms with Gasteiger partial charge in [0.05, 0.1) is 11.4 Å². The summed E-state index contributed by atoms with van der Waals surface area (Å²) in [6.07, 6.45) is 21.7. The van der Waals surface area contributed by atoms with E-state index in [1.165, 1.54) is 77.0 Å². The van der Waals surface area contributed by atoms with Gasteiger partial charge >= 0.3 is 0 Å². The third kappa shape index (κ3) is 19.2. The number of hydrogen-bond acceptors (Lipinski definition) is 3. The molecule has 5 heteroatoms. The van der Waals surface area contributed by atoms with Crippen molar-refractivity contribution in [3.63, 3.8) is 0 Å². The van der Waals surface area contributed by atoms with E-state index in [1.54, 1.807) is 0 Å². The van der Waals surface area contributed by atoms with Crippen LogP contribution in [0.3, 0.4) is 0 Å². The van der Waals surface area contributed by atoms with Crippen molar-refractivity contribution in [3.8, 4) is 0 Å². The van der Waals surface area contributed by atoms with Crippen LogP contribution in [0, 0.1) is 0 Å². The highest BCUT2D eigenvalue weighted by Crippen LogP contribution is 2.18. The monoisotopic (exact) mass is 420 g/mol. The Bertz CT molecular complexity index is 420. The molecule has 2 N–H and O–H groups in total. The van der Waals surface area contributed by atoms with Gasteiger partial charge in [0.25, 0.3) is 10.1 Å². The highest BCUT2D eigenvalue weighted by atomic mass is 32.2. The van der Waals surface area contributed by atoms with E-state index in [2.05, 4.69) is 0 Å². The Morgan fingerprint density at radius 1 is 0.607 bits per heavy atom. The quantitative estimate of drug-likeness (QED) is 0.154. The SMILES string of the molecule is CCCC(CCCCCCCCCCCCCCCCCC(C)O)S(=O)(=O)O. The second-order valence-corrected chi connectivity index (χ2v) is 10.4. The van der Waals surface area contributed by atoms with Gasteiger partial charge < -0.3 is 5.11 Å². The maximum absolute atomic E-state index is 11.3. The number of aliphatic hydroxyl groups excluding tert-OH is 1. The molecule has 0 aromatic carbocycles. The highest BCUT2D eigenvalue weighted by Gasteiger charge is 2.20. The van der Waals surface area contributed by atoms with E-state index in [4.69, 9.17) is 0 Å². The first-order chi connectivity index (χ1) is 13.4. The predicted octanol–water partition coefficient (Wildman–Crippen LogP) is 7.06. The van der Waals surface area contributed by atoms with Crippen LogP contribution in [0.5, 0.6) is 0 Å². The first kappa shape index (κ1) is 27.9. The van der Waals surface area contributed by atoms with Crippen LogP contribution in [0.1, 0.15) is 136 Å². The van der Waals surface area contributed by atoms with Gasteiger partial charge in [-0.25, -0.2) is 0 Å². The summed E-state index contributed by atoms with van der Waals surface area (Å²) < 4.78 is 31.8. The molecule has 0 aromatic heterocycles. The Morgan fingerprint density at radius 2 is 0.929 bits per heavy atom. The lowest BCUT2D eigenvalue weighted by Crippen LogP contribution is -2.20. The maximum Gasteiger partial charge on any atom is 0.267 e. The van der Waals surface area contributed by atoms with Crippen molar-refractivity contribution in [2.45, 2.75) is 147 Å². The molecule has 0 saturated heterocycles. The van der Waals surface area contributed by atoms with Crippen molar-refractivity contribution in [1.29, 1.82) is 0 Å².